The molecule has 30 heavy (non-hydrogen) atoms. The van der Waals surface area contributed by atoms with E-state index in [-0.39, 0.29) is 33.7 Å². The highest BCUT2D eigenvalue weighted by molar-refractivity contribution is 8.00. The number of carbonyl (C=O) groups is 1. The first-order valence-corrected chi connectivity index (χ1v) is 11.6. The Hall–Kier alpha value is -2.04. The fraction of sp³-hybridized carbons (Fsp3) is 0.350. The zero-order valence-corrected chi connectivity index (χ0v) is 17.6. The van der Waals surface area contributed by atoms with E-state index in [9.17, 15) is 26.4 Å². The van der Waals surface area contributed by atoms with Gasteiger partial charge in [-0.1, -0.05) is 18.6 Å². The lowest BCUT2D eigenvalue weighted by molar-refractivity contribution is -0.0328. The van der Waals surface area contributed by atoms with Crippen molar-refractivity contribution in [2.24, 2.45) is 0 Å². The van der Waals surface area contributed by atoms with Crippen LogP contribution >= 0.6 is 11.8 Å². The minimum absolute atomic E-state index is 0.00493. The number of alkyl halides is 3. The maximum atomic E-state index is 12.8. The number of rotatable bonds is 6. The lowest BCUT2D eigenvalue weighted by Gasteiger charge is -2.26. The molecule has 0 atom stereocenters. The summed E-state index contributed by atoms with van der Waals surface area (Å²) in [6.45, 7) is 1.11. The van der Waals surface area contributed by atoms with Crippen molar-refractivity contribution in [3.8, 4) is 0 Å². The van der Waals surface area contributed by atoms with Gasteiger partial charge in [0.15, 0.2) is 0 Å². The lowest BCUT2D eigenvalue weighted by Crippen LogP contribution is -2.35. The summed E-state index contributed by atoms with van der Waals surface area (Å²) in [4.78, 5) is 12.5. The molecule has 0 unspecified atom stereocenters. The number of piperidine rings is 1. The largest absolute Gasteiger partial charge is 0.446 e. The van der Waals surface area contributed by atoms with Gasteiger partial charge in [-0.05, 0) is 66.6 Å². The summed E-state index contributed by atoms with van der Waals surface area (Å²) in [5.41, 5.74) is -3.55. The van der Waals surface area contributed by atoms with Crippen LogP contribution in [0.3, 0.4) is 0 Å². The number of hydrogen-bond acceptors (Lipinski definition) is 4. The van der Waals surface area contributed by atoms with Gasteiger partial charge in [-0.3, -0.25) is 4.79 Å². The third-order valence-corrected chi connectivity index (χ3v) is 7.29. The summed E-state index contributed by atoms with van der Waals surface area (Å²) in [7, 11) is -3.57. The van der Waals surface area contributed by atoms with E-state index in [2.05, 4.69) is 5.32 Å². The number of nitrogens with zero attached hydrogens (tertiary/aromatic N) is 1. The van der Waals surface area contributed by atoms with Gasteiger partial charge in [0.25, 0.3) is 5.91 Å². The molecular weight excluding hydrogens is 437 g/mol. The van der Waals surface area contributed by atoms with Gasteiger partial charge < -0.3 is 5.32 Å². The van der Waals surface area contributed by atoms with Crippen LogP contribution in [0, 0.1) is 0 Å². The first kappa shape index (κ1) is 22.6. The highest BCUT2D eigenvalue weighted by Gasteiger charge is 2.29. The van der Waals surface area contributed by atoms with Gasteiger partial charge in [-0.15, -0.1) is 0 Å². The molecule has 0 spiro atoms. The molecule has 162 valence electrons. The number of thioether (sulfide) groups is 1. The van der Waals surface area contributed by atoms with E-state index in [0.29, 0.717) is 18.7 Å². The van der Waals surface area contributed by atoms with E-state index >= 15 is 0 Å². The first-order valence-electron chi connectivity index (χ1n) is 9.38. The molecule has 0 aliphatic carbocycles. The van der Waals surface area contributed by atoms with Crippen LogP contribution in [0.15, 0.2) is 58.3 Å². The number of carbonyl (C=O) groups excluding carboxylic acids is 1. The van der Waals surface area contributed by atoms with Crippen molar-refractivity contribution in [3.05, 3.63) is 59.7 Å². The Morgan fingerprint density at radius 2 is 1.70 bits per heavy atom. The predicted octanol–water partition coefficient (Wildman–Crippen LogP) is 4.40. The third-order valence-electron chi connectivity index (χ3n) is 4.65. The van der Waals surface area contributed by atoms with Crippen molar-refractivity contribution in [2.45, 2.75) is 41.1 Å². The van der Waals surface area contributed by atoms with Gasteiger partial charge in [0.05, 0.1) is 4.90 Å². The van der Waals surface area contributed by atoms with Crippen LogP contribution < -0.4 is 5.32 Å². The highest BCUT2D eigenvalue weighted by atomic mass is 32.2. The van der Waals surface area contributed by atoms with Gasteiger partial charge in [-0.25, -0.2) is 8.42 Å². The second-order valence-electron chi connectivity index (χ2n) is 6.87. The zero-order chi connectivity index (χ0) is 21.8. The van der Waals surface area contributed by atoms with Crippen LogP contribution in [-0.4, -0.2) is 37.2 Å². The molecule has 1 fully saturated rings. The molecule has 1 saturated heterocycles. The molecule has 3 rings (SSSR count). The molecule has 2 aromatic rings. The quantitative estimate of drug-likeness (QED) is 0.652. The molecule has 10 heteroatoms. The average Bonchev–Trinajstić information content (AvgIpc) is 2.72. The summed E-state index contributed by atoms with van der Waals surface area (Å²) in [6, 6.07) is 11.5. The Labute approximate surface area is 177 Å². The Kier molecular flexibility index (Phi) is 7.10. The Morgan fingerprint density at radius 3 is 2.33 bits per heavy atom. The van der Waals surface area contributed by atoms with Crippen LogP contribution in [0.2, 0.25) is 0 Å². The Balaban J connectivity index is 1.63. The maximum Gasteiger partial charge on any atom is 0.446 e. The number of halogens is 3. The highest BCUT2D eigenvalue weighted by Crippen LogP contribution is 2.36. The van der Waals surface area contributed by atoms with Gasteiger partial charge in [0.2, 0.25) is 10.0 Å². The molecule has 1 aliphatic rings. The second kappa shape index (κ2) is 9.40. The monoisotopic (exact) mass is 458 g/mol. The van der Waals surface area contributed by atoms with Gasteiger partial charge in [0.1, 0.15) is 0 Å². The van der Waals surface area contributed by atoms with Crippen molar-refractivity contribution in [1.82, 2.24) is 9.62 Å². The minimum Gasteiger partial charge on any atom is -0.348 e. The van der Waals surface area contributed by atoms with Gasteiger partial charge in [0, 0.05) is 30.1 Å². The summed E-state index contributed by atoms with van der Waals surface area (Å²) in [6.07, 6.45) is 2.71. The van der Waals surface area contributed by atoms with Crippen molar-refractivity contribution in [3.63, 3.8) is 0 Å². The van der Waals surface area contributed by atoms with Crippen molar-refractivity contribution < 1.29 is 26.4 Å². The summed E-state index contributed by atoms with van der Waals surface area (Å²) in [5, 5.41) is 2.66. The number of amides is 1. The van der Waals surface area contributed by atoms with E-state index in [1.165, 1.54) is 40.7 Å². The molecule has 0 aromatic heterocycles. The fourth-order valence-corrected chi connectivity index (χ4v) is 5.29. The number of benzene rings is 2. The molecule has 2 aromatic carbocycles. The maximum absolute atomic E-state index is 12.8. The normalized spacial score (nSPS) is 15.7. The van der Waals surface area contributed by atoms with Crippen molar-refractivity contribution in [1.29, 1.82) is 0 Å². The van der Waals surface area contributed by atoms with E-state index in [0.717, 1.165) is 19.3 Å². The predicted molar refractivity (Wildman–Crippen MR) is 109 cm³/mol. The van der Waals surface area contributed by atoms with Crippen LogP contribution in [-0.2, 0) is 16.6 Å². The minimum atomic E-state index is -4.39. The van der Waals surface area contributed by atoms with E-state index in [1.54, 1.807) is 12.1 Å². The second-order valence-corrected chi connectivity index (χ2v) is 9.94. The summed E-state index contributed by atoms with van der Waals surface area (Å²) >= 11 is -0.246. The third kappa shape index (κ3) is 5.99. The van der Waals surface area contributed by atoms with Gasteiger partial charge in [-0.2, -0.15) is 17.5 Å². The van der Waals surface area contributed by atoms with Crippen LogP contribution in [0.5, 0.6) is 0 Å². The van der Waals surface area contributed by atoms with Gasteiger partial charge >= 0.3 is 5.51 Å². The number of sulfonamides is 1. The van der Waals surface area contributed by atoms with Crippen LogP contribution in [0.25, 0.3) is 0 Å². The molecule has 1 amide bonds. The average molecular weight is 459 g/mol. The van der Waals surface area contributed by atoms with Crippen molar-refractivity contribution in [2.75, 3.05) is 13.1 Å². The molecule has 0 radical (unpaired) electrons. The molecule has 1 N–H and O–H groups in total. The molecule has 5 nitrogen and oxygen atoms in total. The molecule has 0 bridgehead atoms. The standard InChI is InChI=1S/C20H21F3N2O3S2/c21-20(22,23)29-17-9-7-16(8-10-17)19(26)24-14-15-5-4-6-18(13-15)30(27,28)25-11-2-1-3-12-25/h4-10,13H,1-3,11-12,14H2,(H,24,26). The summed E-state index contributed by atoms with van der Waals surface area (Å²) < 4.78 is 64.2. The first-order chi connectivity index (χ1) is 14.1. The lowest BCUT2D eigenvalue weighted by atomic mass is 10.2. The molecule has 1 heterocycles. The summed E-state index contributed by atoms with van der Waals surface area (Å²) in [5.74, 6) is -0.456. The van der Waals surface area contributed by atoms with Crippen LogP contribution in [0.4, 0.5) is 13.2 Å². The Bertz CT molecular complexity index is 987. The zero-order valence-electron chi connectivity index (χ0n) is 16.0. The topological polar surface area (TPSA) is 66.5 Å². The number of hydrogen-bond donors (Lipinski definition) is 1. The number of nitrogens with one attached hydrogen (secondary N) is 1. The van der Waals surface area contributed by atoms with E-state index in [4.69, 9.17) is 0 Å². The molecule has 0 saturated carbocycles. The SMILES string of the molecule is O=C(NCc1cccc(S(=O)(=O)N2CCCCC2)c1)c1ccc(SC(F)(F)F)cc1. The molecule has 1 aliphatic heterocycles. The van der Waals surface area contributed by atoms with Crippen LogP contribution in [0.1, 0.15) is 35.2 Å². The fourth-order valence-electron chi connectivity index (χ4n) is 3.16. The molecular formula is C20H21F3N2O3S2. The smallest absolute Gasteiger partial charge is 0.348 e. The Morgan fingerprint density at radius 1 is 1.03 bits per heavy atom. The van der Waals surface area contributed by atoms with E-state index < -0.39 is 21.4 Å². The van der Waals surface area contributed by atoms with E-state index in [1.807, 2.05) is 0 Å². The van der Waals surface area contributed by atoms with Crippen molar-refractivity contribution >= 4 is 27.7 Å².